The standard InChI is InChI=1S/C11H22O.C10H20OS/c1-9(6-7-12)4-5-10-8-11(10,2)3;1-8(6-7-11)4-5-9-10(2,3)12-9/h9-10,12H,4-8H2,1-3H3;8-9,11H,4-7H2,1-3H3. The van der Waals surface area contributed by atoms with E-state index in [9.17, 15) is 0 Å². The van der Waals surface area contributed by atoms with Crippen LogP contribution in [0.15, 0.2) is 0 Å². The first-order valence-electron chi connectivity index (χ1n) is 10.0. The minimum atomic E-state index is 0.350. The largest absolute Gasteiger partial charge is 0.396 e. The molecule has 0 amide bonds. The zero-order valence-corrected chi connectivity index (χ0v) is 17.8. The summed E-state index contributed by atoms with van der Waals surface area (Å²) in [4.78, 5) is 0. The second-order valence-electron chi connectivity index (χ2n) is 9.49. The molecule has 0 bridgehead atoms. The van der Waals surface area contributed by atoms with Crippen LogP contribution in [0.2, 0.25) is 0 Å². The Kier molecular flexibility index (Phi) is 9.14. The highest BCUT2D eigenvalue weighted by Gasteiger charge is 2.46. The lowest BCUT2D eigenvalue weighted by Crippen LogP contribution is -2.05. The Balaban J connectivity index is 0.000000240. The van der Waals surface area contributed by atoms with Crippen molar-refractivity contribution in [3.63, 3.8) is 0 Å². The van der Waals surface area contributed by atoms with Gasteiger partial charge in [0.1, 0.15) is 0 Å². The molecule has 1 saturated carbocycles. The maximum Gasteiger partial charge on any atom is 0.0433 e. The summed E-state index contributed by atoms with van der Waals surface area (Å²) in [5, 5.41) is 18.3. The summed E-state index contributed by atoms with van der Waals surface area (Å²) < 4.78 is 0.554. The highest BCUT2D eigenvalue weighted by Crippen LogP contribution is 2.55. The molecule has 0 radical (unpaired) electrons. The molecule has 2 nitrogen and oxygen atoms in total. The predicted octanol–water partition coefficient (Wildman–Crippen LogP) is 5.51. The van der Waals surface area contributed by atoms with E-state index in [0.29, 0.717) is 35.2 Å². The molecule has 2 aliphatic rings. The molecule has 3 heteroatoms. The van der Waals surface area contributed by atoms with Crippen molar-refractivity contribution in [2.45, 2.75) is 96.5 Å². The molecular formula is C21H42O2S. The maximum atomic E-state index is 8.72. The Bertz CT molecular complexity index is 320. The molecule has 0 spiro atoms. The highest BCUT2D eigenvalue weighted by atomic mass is 32.2. The van der Waals surface area contributed by atoms with Crippen molar-refractivity contribution in [2.24, 2.45) is 23.2 Å². The van der Waals surface area contributed by atoms with E-state index in [1.165, 1.54) is 32.1 Å². The average Bonchev–Trinajstić information content (AvgIpc) is 3.30. The fourth-order valence-electron chi connectivity index (χ4n) is 3.46. The van der Waals surface area contributed by atoms with Crippen molar-refractivity contribution >= 4 is 11.8 Å². The predicted molar refractivity (Wildman–Crippen MR) is 108 cm³/mol. The first-order valence-corrected chi connectivity index (χ1v) is 10.9. The molecule has 2 rings (SSSR count). The molecule has 1 saturated heterocycles. The van der Waals surface area contributed by atoms with E-state index in [1.54, 1.807) is 0 Å². The Labute approximate surface area is 155 Å². The van der Waals surface area contributed by atoms with Crippen molar-refractivity contribution in [2.75, 3.05) is 13.2 Å². The molecule has 4 atom stereocenters. The first kappa shape index (κ1) is 22.3. The average molecular weight is 359 g/mol. The van der Waals surface area contributed by atoms with Crippen molar-refractivity contribution in [3.05, 3.63) is 0 Å². The maximum absolute atomic E-state index is 8.72. The van der Waals surface area contributed by atoms with E-state index >= 15 is 0 Å². The van der Waals surface area contributed by atoms with Crippen LogP contribution in [-0.4, -0.2) is 33.4 Å². The van der Waals surface area contributed by atoms with Gasteiger partial charge in [0.15, 0.2) is 0 Å². The number of aliphatic hydroxyl groups excluding tert-OH is 2. The van der Waals surface area contributed by atoms with Gasteiger partial charge in [-0.1, -0.05) is 34.1 Å². The topological polar surface area (TPSA) is 40.5 Å². The van der Waals surface area contributed by atoms with Gasteiger partial charge >= 0.3 is 0 Å². The van der Waals surface area contributed by atoms with Crippen molar-refractivity contribution in [1.82, 2.24) is 0 Å². The van der Waals surface area contributed by atoms with Crippen LogP contribution >= 0.6 is 11.8 Å². The summed E-state index contributed by atoms with van der Waals surface area (Å²) in [6.07, 6.45) is 8.65. The Morgan fingerprint density at radius 2 is 1.29 bits per heavy atom. The van der Waals surface area contributed by atoms with Crippen molar-refractivity contribution in [3.8, 4) is 0 Å². The van der Waals surface area contributed by atoms with E-state index in [1.807, 2.05) is 0 Å². The number of hydrogen-bond donors (Lipinski definition) is 2. The molecule has 1 aliphatic heterocycles. The summed E-state index contributed by atoms with van der Waals surface area (Å²) in [7, 11) is 0. The summed E-state index contributed by atoms with van der Waals surface area (Å²) >= 11 is 2.09. The van der Waals surface area contributed by atoms with Crippen LogP contribution in [0.4, 0.5) is 0 Å². The van der Waals surface area contributed by atoms with Gasteiger partial charge in [0.05, 0.1) is 0 Å². The van der Waals surface area contributed by atoms with Gasteiger partial charge in [-0.3, -0.25) is 0 Å². The molecule has 144 valence electrons. The zero-order valence-electron chi connectivity index (χ0n) is 17.0. The van der Waals surface area contributed by atoms with Crippen LogP contribution in [0.25, 0.3) is 0 Å². The second-order valence-corrected chi connectivity index (χ2v) is 11.3. The van der Waals surface area contributed by atoms with Crippen LogP contribution < -0.4 is 0 Å². The number of hydrogen-bond acceptors (Lipinski definition) is 3. The Hall–Kier alpha value is 0.270. The van der Waals surface area contributed by atoms with Gasteiger partial charge in [-0.2, -0.15) is 0 Å². The Morgan fingerprint density at radius 3 is 1.62 bits per heavy atom. The number of thioether (sulfide) groups is 1. The summed E-state index contributed by atoms with van der Waals surface area (Å²) in [6.45, 7) is 14.5. The molecule has 1 aliphatic carbocycles. The minimum absolute atomic E-state index is 0.350. The molecule has 4 unspecified atom stereocenters. The summed E-state index contributed by atoms with van der Waals surface area (Å²) in [5.74, 6) is 2.39. The van der Waals surface area contributed by atoms with E-state index in [2.05, 4.69) is 53.3 Å². The summed E-state index contributed by atoms with van der Waals surface area (Å²) in [6, 6.07) is 0. The van der Waals surface area contributed by atoms with E-state index in [4.69, 9.17) is 10.2 Å². The lowest BCUT2D eigenvalue weighted by atomic mass is 9.98. The van der Waals surface area contributed by atoms with Crippen LogP contribution in [0.1, 0.15) is 86.5 Å². The van der Waals surface area contributed by atoms with Gasteiger partial charge in [-0.25, -0.2) is 0 Å². The van der Waals surface area contributed by atoms with Crippen molar-refractivity contribution in [1.29, 1.82) is 0 Å². The van der Waals surface area contributed by atoms with Crippen LogP contribution in [0.3, 0.4) is 0 Å². The van der Waals surface area contributed by atoms with Gasteiger partial charge in [-0.15, -0.1) is 11.8 Å². The molecule has 0 aromatic carbocycles. The fraction of sp³-hybridized carbons (Fsp3) is 1.00. The third kappa shape index (κ3) is 8.58. The Morgan fingerprint density at radius 1 is 0.875 bits per heavy atom. The monoisotopic (exact) mass is 358 g/mol. The van der Waals surface area contributed by atoms with Crippen LogP contribution in [0, 0.1) is 23.2 Å². The van der Waals surface area contributed by atoms with E-state index in [0.717, 1.165) is 24.0 Å². The smallest absolute Gasteiger partial charge is 0.0433 e. The van der Waals surface area contributed by atoms with Crippen LogP contribution in [0.5, 0.6) is 0 Å². The SMILES string of the molecule is CC(CCO)CCC1CC1(C)C.CC(CCO)CCC1SC1(C)C. The number of aliphatic hydroxyl groups is 2. The highest BCUT2D eigenvalue weighted by molar-refractivity contribution is 8.08. The normalized spacial score (nSPS) is 28.5. The molecule has 24 heavy (non-hydrogen) atoms. The summed E-state index contributed by atoms with van der Waals surface area (Å²) in [5.41, 5.74) is 0.638. The van der Waals surface area contributed by atoms with E-state index in [-0.39, 0.29) is 0 Å². The molecule has 2 N–H and O–H groups in total. The van der Waals surface area contributed by atoms with Gasteiger partial charge < -0.3 is 10.2 Å². The first-order chi connectivity index (χ1) is 11.1. The lowest BCUT2D eigenvalue weighted by molar-refractivity contribution is 0.255. The third-order valence-electron chi connectivity index (χ3n) is 6.06. The van der Waals surface area contributed by atoms with Gasteiger partial charge in [0.25, 0.3) is 0 Å². The van der Waals surface area contributed by atoms with Gasteiger partial charge in [-0.05, 0) is 75.5 Å². The minimum Gasteiger partial charge on any atom is -0.396 e. The number of rotatable bonds is 10. The zero-order chi connectivity index (χ0) is 18.4. The third-order valence-corrected chi connectivity index (χ3v) is 7.80. The van der Waals surface area contributed by atoms with Gasteiger partial charge in [0.2, 0.25) is 0 Å². The van der Waals surface area contributed by atoms with Crippen molar-refractivity contribution < 1.29 is 10.2 Å². The molecular weight excluding hydrogens is 316 g/mol. The lowest BCUT2D eigenvalue weighted by Gasteiger charge is -2.09. The quantitative estimate of drug-likeness (QED) is 0.506. The van der Waals surface area contributed by atoms with Gasteiger partial charge in [0, 0.05) is 23.2 Å². The second kappa shape index (κ2) is 9.83. The van der Waals surface area contributed by atoms with E-state index < -0.39 is 0 Å². The molecule has 1 heterocycles. The fourth-order valence-corrected chi connectivity index (χ4v) is 4.50. The molecule has 0 aromatic rings. The molecule has 0 aromatic heterocycles. The molecule has 2 fully saturated rings. The van der Waals surface area contributed by atoms with Crippen LogP contribution in [-0.2, 0) is 0 Å².